The van der Waals surface area contributed by atoms with Crippen molar-refractivity contribution >= 4 is 28.9 Å². The van der Waals surface area contributed by atoms with Crippen LogP contribution in [0.1, 0.15) is 18.7 Å². The quantitative estimate of drug-likeness (QED) is 0.694. The summed E-state index contributed by atoms with van der Waals surface area (Å²) < 4.78 is 1.54. The number of nitro groups is 1. The van der Waals surface area contributed by atoms with Gasteiger partial charge in [0.05, 0.1) is 4.92 Å². The number of amides is 1. The van der Waals surface area contributed by atoms with Crippen LogP contribution in [-0.4, -0.2) is 20.6 Å². The molecule has 0 aliphatic carbocycles. The van der Waals surface area contributed by atoms with Crippen molar-refractivity contribution < 1.29 is 9.72 Å². The van der Waals surface area contributed by atoms with Crippen LogP contribution in [0.25, 0.3) is 0 Å². The molecule has 1 unspecified atom stereocenters. The zero-order valence-electron chi connectivity index (χ0n) is 11.4. The first-order valence-electron chi connectivity index (χ1n) is 6.15. The fourth-order valence-electron chi connectivity index (χ4n) is 1.90. The molecule has 2 aromatic rings. The average molecular weight is 309 g/mol. The fourth-order valence-corrected chi connectivity index (χ4v) is 2.06. The Morgan fingerprint density at radius 3 is 2.76 bits per heavy atom. The second-order valence-electron chi connectivity index (χ2n) is 4.50. The van der Waals surface area contributed by atoms with Gasteiger partial charge < -0.3 is 5.32 Å². The number of aryl methyl sites for hydroxylation is 1. The van der Waals surface area contributed by atoms with Crippen LogP contribution in [0.5, 0.6) is 0 Å². The minimum absolute atomic E-state index is 0.103. The van der Waals surface area contributed by atoms with E-state index in [0.717, 1.165) is 5.69 Å². The summed E-state index contributed by atoms with van der Waals surface area (Å²) in [4.78, 5) is 22.6. The lowest BCUT2D eigenvalue weighted by atomic mass is 10.2. The van der Waals surface area contributed by atoms with E-state index in [1.165, 1.54) is 22.9 Å². The molecule has 8 heteroatoms. The molecule has 1 aromatic carbocycles. The monoisotopic (exact) mass is 308 g/mol. The average Bonchev–Trinajstić information content (AvgIpc) is 2.85. The highest BCUT2D eigenvalue weighted by atomic mass is 35.5. The Kier molecular flexibility index (Phi) is 4.23. The summed E-state index contributed by atoms with van der Waals surface area (Å²) >= 11 is 5.73. The fraction of sp³-hybridized carbons (Fsp3) is 0.231. The number of nitrogens with one attached hydrogen (secondary N) is 1. The van der Waals surface area contributed by atoms with E-state index >= 15 is 0 Å². The second kappa shape index (κ2) is 5.92. The van der Waals surface area contributed by atoms with E-state index in [2.05, 4.69) is 10.4 Å². The summed E-state index contributed by atoms with van der Waals surface area (Å²) in [7, 11) is 0. The van der Waals surface area contributed by atoms with Gasteiger partial charge in [-0.15, -0.1) is 0 Å². The highest BCUT2D eigenvalue weighted by molar-refractivity contribution is 6.31. The van der Waals surface area contributed by atoms with Crippen molar-refractivity contribution in [2.45, 2.75) is 19.9 Å². The number of halogens is 1. The zero-order valence-corrected chi connectivity index (χ0v) is 12.2. The number of aromatic nitrogens is 2. The van der Waals surface area contributed by atoms with Crippen molar-refractivity contribution in [2.24, 2.45) is 0 Å². The summed E-state index contributed by atoms with van der Waals surface area (Å²) in [6.07, 6.45) is 1.59. The van der Waals surface area contributed by atoms with Gasteiger partial charge in [0, 0.05) is 23.0 Å². The number of hydrogen-bond acceptors (Lipinski definition) is 4. The molecule has 0 saturated heterocycles. The van der Waals surface area contributed by atoms with Gasteiger partial charge in [-0.2, -0.15) is 5.10 Å². The molecule has 1 aromatic heterocycles. The summed E-state index contributed by atoms with van der Waals surface area (Å²) in [5.41, 5.74) is 0.676. The van der Waals surface area contributed by atoms with E-state index in [4.69, 9.17) is 11.6 Å². The molecule has 0 bridgehead atoms. The van der Waals surface area contributed by atoms with Gasteiger partial charge in [0.2, 0.25) is 5.91 Å². The van der Waals surface area contributed by atoms with Gasteiger partial charge in [0.25, 0.3) is 5.69 Å². The number of carbonyl (C=O) groups is 1. The summed E-state index contributed by atoms with van der Waals surface area (Å²) in [5.74, 6) is -0.396. The molecule has 0 aliphatic heterocycles. The predicted molar refractivity (Wildman–Crippen MR) is 78.4 cm³/mol. The number of carbonyl (C=O) groups excluding carboxylic acids is 1. The maximum absolute atomic E-state index is 12.2. The van der Waals surface area contributed by atoms with Gasteiger partial charge in [-0.3, -0.25) is 19.6 Å². The molecule has 2 rings (SSSR count). The van der Waals surface area contributed by atoms with Crippen molar-refractivity contribution in [2.75, 3.05) is 5.32 Å². The molecule has 0 saturated carbocycles. The largest absolute Gasteiger partial charge is 0.319 e. The van der Waals surface area contributed by atoms with Crippen LogP contribution in [0, 0.1) is 17.0 Å². The maximum atomic E-state index is 12.2. The van der Waals surface area contributed by atoms with E-state index in [1.54, 1.807) is 19.2 Å². The SMILES string of the molecule is Cc1ccnn1C(C)C(=O)Nc1ccc(Cl)cc1[N+](=O)[O-]. The Balaban J connectivity index is 2.24. The Bertz CT molecular complexity index is 698. The lowest BCUT2D eigenvalue weighted by Gasteiger charge is -2.14. The summed E-state index contributed by atoms with van der Waals surface area (Å²) in [6.45, 7) is 3.48. The Labute approximate surface area is 125 Å². The zero-order chi connectivity index (χ0) is 15.6. The third-order valence-corrected chi connectivity index (χ3v) is 3.26. The van der Waals surface area contributed by atoms with E-state index in [9.17, 15) is 14.9 Å². The van der Waals surface area contributed by atoms with Crippen LogP contribution in [0.2, 0.25) is 5.02 Å². The van der Waals surface area contributed by atoms with E-state index in [0.29, 0.717) is 0 Å². The molecular weight excluding hydrogens is 296 g/mol. The van der Waals surface area contributed by atoms with Crippen LogP contribution in [0.3, 0.4) is 0 Å². The lowest BCUT2D eigenvalue weighted by molar-refractivity contribution is -0.383. The van der Waals surface area contributed by atoms with Crippen molar-refractivity contribution in [3.8, 4) is 0 Å². The Morgan fingerprint density at radius 1 is 1.48 bits per heavy atom. The number of nitrogens with zero attached hydrogens (tertiary/aromatic N) is 3. The molecule has 0 spiro atoms. The first-order valence-corrected chi connectivity index (χ1v) is 6.53. The molecule has 0 fully saturated rings. The second-order valence-corrected chi connectivity index (χ2v) is 4.94. The van der Waals surface area contributed by atoms with Gasteiger partial charge in [0.1, 0.15) is 11.7 Å². The predicted octanol–water partition coefficient (Wildman–Crippen LogP) is 2.95. The van der Waals surface area contributed by atoms with Crippen molar-refractivity contribution in [3.05, 3.63) is 51.3 Å². The van der Waals surface area contributed by atoms with Crippen LogP contribution in [0.4, 0.5) is 11.4 Å². The Hall–Kier alpha value is -2.41. The molecule has 0 radical (unpaired) electrons. The number of anilines is 1. The molecule has 1 N–H and O–H groups in total. The molecule has 110 valence electrons. The number of benzene rings is 1. The minimum Gasteiger partial charge on any atom is -0.319 e. The van der Waals surface area contributed by atoms with Gasteiger partial charge >= 0.3 is 0 Å². The molecule has 1 heterocycles. The van der Waals surface area contributed by atoms with Gasteiger partial charge in [-0.05, 0) is 32.0 Å². The molecule has 7 nitrogen and oxygen atoms in total. The molecule has 21 heavy (non-hydrogen) atoms. The van der Waals surface area contributed by atoms with Crippen molar-refractivity contribution in [3.63, 3.8) is 0 Å². The van der Waals surface area contributed by atoms with Gasteiger partial charge in [-0.1, -0.05) is 11.6 Å². The first-order chi connectivity index (χ1) is 9.90. The first kappa shape index (κ1) is 15.0. The standard InChI is InChI=1S/C13H13ClN4O3/c1-8-5-6-15-17(8)9(2)13(19)16-11-4-3-10(14)7-12(11)18(20)21/h3-7,9H,1-2H3,(H,16,19). The highest BCUT2D eigenvalue weighted by Gasteiger charge is 2.21. The minimum atomic E-state index is -0.592. The van der Waals surface area contributed by atoms with E-state index < -0.39 is 16.9 Å². The lowest BCUT2D eigenvalue weighted by Crippen LogP contribution is -2.25. The molecule has 1 amide bonds. The molecular formula is C13H13ClN4O3. The number of nitro benzene ring substituents is 1. The Morgan fingerprint density at radius 2 is 2.19 bits per heavy atom. The van der Waals surface area contributed by atoms with Crippen LogP contribution < -0.4 is 5.32 Å². The molecule has 1 atom stereocenters. The third-order valence-electron chi connectivity index (χ3n) is 3.03. The van der Waals surface area contributed by atoms with Gasteiger partial charge in [-0.25, -0.2) is 0 Å². The topological polar surface area (TPSA) is 90.1 Å². The van der Waals surface area contributed by atoms with E-state index in [1.807, 2.05) is 6.92 Å². The van der Waals surface area contributed by atoms with Crippen LogP contribution >= 0.6 is 11.6 Å². The van der Waals surface area contributed by atoms with Crippen molar-refractivity contribution in [1.82, 2.24) is 9.78 Å². The third kappa shape index (κ3) is 3.19. The maximum Gasteiger partial charge on any atom is 0.294 e. The van der Waals surface area contributed by atoms with Crippen LogP contribution in [0.15, 0.2) is 30.5 Å². The summed E-state index contributed by atoms with van der Waals surface area (Å²) in [5, 5.41) is 17.8. The normalized spacial score (nSPS) is 12.0. The smallest absolute Gasteiger partial charge is 0.294 e. The molecule has 0 aliphatic rings. The van der Waals surface area contributed by atoms with Gasteiger partial charge in [0.15, 0.2) is 0 Å². The number of rotatable bonds is 4. The van der Waals surface area contributed by atoms with E-state index in [-0.39, 0.29) is 16.4 Å². The van der Waals surface area contributed by atoms with Crippen LogP contribution in [-0.2, 0) is 4.79 Å². The van der Waals surface area contributed by atoms with Crippen molar-refractivity contribution in [1.29, 1.82) is 0 Å². The summed E-state index contributed by atoms with van der Waals surface area (Å²) in [6, 6.07) is 5.26. The number of hydrogen-bond donors (Lipinski definition) is 1. The highest BCUT2D eigenvalue weighted by Crippen LogP contribution is 2.28.